The summed E-state index contributed by atoms with van der Waals surface area (Å²) >= 11 is 0. The lowest BCUT2D eigenvalue weighted by atomic mass is 9.75. The molecule has 0 saturated heterocycles. The predicted octanol–water partition coefficient (Wildman–Crippen LogP) is 5.05. The zero-order chi connectivity index (χ0) is 21.8. The fourth-order valence-electron chi connectivity index (χ4n) is 4.61. The molecular weight excluding hydrogens is 396 g/mol. The van der Waals surface area contributed by atoms with Crippen molar-refractivity contribution in [3.05, 3.63) is 119 Å². The Morgan fingerprint density at radius 2 is 1.38 bits per heavy atom. The van der Waals surface area contributed by atoms with Gasteiger partial charge in [0, 0.05) is 13.0 Å². The fraction of sp³-hybridized carbons (Fsp3) is 0.222. The highest BCUT2D eigenvalue weighted by Crippen LogP contribution is 2.43. The number of hydrogen-bond acceptors (Lipinski definition) is 5. The summed E-state index contributed by atoms with van der Waals surface area (Å²) < 4.78 is 5.61. The molecule has 160 valence electrons. The number of aryl methyl sites for hydroxylation is 1. The molecule has 4 aromatic rings. The second kappa shape index (κ2) is 8.79. The number of nitrogens with zero attached hydrogens (tertiary/aromatic N) is 4. The third kappa shape index (κ3) is 3.50. The van der Waals surface area contributed by atoms with Crippen LogP contribution in [0.5, 0.6) is 0 Å². The first-order valence-corrected chi connectivity index (χ1v) is 11.1. The molecule has 5 heteroatoms. The van der Waals surface area contributed by atoms with Crippen LogP contribution in [0, 0.1) is 0 Å². The minimum Gasteiger partial charge on any atom is -0.344 e. The molecule has 0 radical (unpaired) electrons. The lowest BCUT2D eigenvalue weighted by molar-refractivity contribution is 0.228. The summed E-state index contributed by atoms with van der Waals surface area (Å²) in [7, 11) is 0. The van der Waals surface area contributed by atoms with Gasteiger partial charge in [-0.1, -0.05) is 103 Å². The van der Waals surface area contributed by atoms with E-state index in [1.165, 1.54) is 16.7 Å². The van der Waals surface area contributed by atoms with Gasteiger partial charge in [0.15, 0.2) is 5.82 Å². The van der Waals surface area contributed by atoms with E-state index in [2.05, 4.69) is 106 Å². The molecule has 0 amide bonds. The molecule has 0 aliphatic carbocycles. The van der Waals surface area contributed by atoms with Crippen molar-refractivity contribution < 1.29 is 4.52 Å². The van der Waals surface area contributed by atoms with Crippen molar-refractivity contribution in [3.63, 3.8) is 0 Å². The van der Waals surface area contributed by atoms with Crippen molar-refractivity contribution in [3.8, 4) is 0 Å². The number of aromatic nitrogens is 2. The summed E-state index contributed by atoms with van der Waals surface area (Å²) in [6.07, 6.45) is 2.74. The molecule has 5 nitrogen and oxygen atoms in total. The van der Waals surface area contributed by atoms with Gasteiger partial charge >= 0.3 is 0 Å². The van der Waals surface area contributed by atoms with Crippen molar-refractivity contribution >= 4 is 6.34 Å². The number of hydrogen-bond donors (Lipinski definition) is 0. The summed E-state index contributed by atoms with van der Waals surface area (Å²) in [5.74, 6) is 1.43. The van der Waals surface area contributed by atoms with Crippen LogP contribution in [0.3, 0.4) is 0 Å². The van der Waals surface area contributed by atoms with Crippen LogP contribution in [0.1, 0.15) is 41.2 Å². The van der Waals surface area contributed by atoms with Crippen molar-refractivity contribution in [1.29, 1.82) is 0 Å². The number of aliphatic imine (C=N–C) groups is 1. The first-order chi connectivity index (χ1) is 15.8. The fourth-order valence-corrected chi connectivity index (χ4v) is 4.61. The van der Waals surface area contributed by atoms with Crippen LogP contribution in [0.2, 0.25) is 0 Å². The molecule has 0 fully saturated rings. The van der Waals surface area contributed by atoms with Crippen LogP contribution >= 0.6 is 0 Å². The molecule has 1 aromatic heterocycles. The average molecular weight is 423 g/mol. The highest BCUT2D eigenvalue weighted by atomic mass is 16.5. The van der Waals surface area contributed by atoms with Crippen molar-refractivity contribution in [2.24, 2.45) is 4.99 Å². The van der Waals surface area contributed by atoms with Gasteiger partial charge in [0.1, 0.15) is 5.54 Å². The Morgan fingerprint density at radius 3 is 1.84 bits per heavy atom. The molecule has 0 N–H and O–H groups in total. The van der Waals surface area contributed by atoms with Crippen LogP contribution in [0.15, 0.2) is 101 Å². The van der Waals surface area contributed by atoms with Gasteiger partial charge in [-0.3, -0.25) is 4.99 Å². The second-order valence-corrected chi connectivity index (χ2v) is 8.04. The third-order valence-electron chi connectivity index (χ3n) is 6.12. The molecule has 3 aromatic carbocycles. The second-order valence-electron chi connectivity index (χ2n) is 8.04. The smallest absolute Gasteiger partial charge is 0.233 e. The zero-order valence-corrected chi connectivity index (χ0v) is 18.1. The van der Waals surface area contributed by atoms with Gasteiger partial charge in [0.25, 0.3) is 0 Å². The Kier molecular flexibility index (Phi) is 5.55. The molecule has 1 unspecified atom stereocenters. The zero-order valence-electron chi connectivity index (χ0n) is 18.1. The third-order valence-corrected chi connectivity index (χ3v) is 6.12. The lowest BCUT2D eigenvalue weighted by Gasteiger charge is -2.46. The minimum absolute atomic E-state index is 0.0308. The average Bonchev–Trinajstić information content (AvgIpc) is 3.36. The van der Waals surface area contributed by atoms with Gasteiger partial charge in [-0.2, -0.15) is 4.98 Å². The molecule has 1 aliphatic rings. The molecule has 0 saturated carbocycles. The normalized spacial score (nSPS) is 16.3. The quantitative estimate of drug-likeness (QED) is 0.408. The van der Waals surface area contributed by atoms with Crippen LogP contribution < -0.4 is 0 Å². The molecule has 5 rings (SSSR count). The molecular formula is C27H26N4O. The first-order valence-electron chi connectivity index (χ1n) is 11.1. The van der Waals surface area contributed by atoms with Crippen LogP contribution in [-0.2, 0) is 12.0 Å². The molecule has 32 heavy (non-hydrogen) atoms. The molecule has 0 bridgehead atoms. The van der Waals surface area contributed by atoms with E-state index >= 15 is 0 Å². The Bertz CT molecular complexity index is 1080. The van der Waals surface area contributed by atoms with Crippen molar-refractivity contribution in [2.45, 2.75) is 24.8 Å². The highest BCUT2D eigenvalue weighted by Gasteiger charge is 2.43. The van der Waals surface area contributed by atoms with Gasteiger partial charge in [-0.05, 0) is 16.7 Å². The lowest BCUT2D eigenvalue weighted by Crippen LogP contribution is -2.50. The van der Waals surface area contributed by atoms with E-state index in [0.717, 1.165) is 12.2 Å². The van der Waals surface area contributed by atoms with Crippen molar-refractivity contribution in [2.75, 3.05) is 13.1 Å². The van der Waals surface area contributed by atoms with E-state index in [1.807, 2.05) is 13.3 Å². The van der Waals surface area contributed by atoms with E-state index < -0.39 is 5.54 Å². The summed E-state index contributed by atoms with van der Waals surface area (Å²) in [6.45, 7) is 3.38. The Balaban J connectivity index is 1.69. The van der Waals surface area contributed by atoms with Crippen molar-refractivity contribution in [1.82, 2.24) is 15.0 Å². The van der Waals surface area contributed by atoms with Crippen LogP contribution in [-0.4, -0.2) is 34.5 Å². The number of rotatable bonds is 6. The monoisotopic (exact) mass is 422 g/mol. The topological polar surface area (TPSA) is 54.5 Å². The number of benzene rings is 3. The summed E-state index contributed by atoms with van der Waals surface area (Å²) in [6, 6.07) is 31.9. The van der Waals surface area contributed by atoms with Crippen LogP contribution in [0.4, 0.5) is 0 Å². The largest absolute Gasteiger partial charge is 0.344 e. The van der Waals surface area contributed by atoms with Crippen LogP contribution in [0.25, 0.3) is 0 Å². The predicted molar refractivity (Wildman–Crippen MR) is 126 cm³/mol. The summed E-state index contributed by atoms with van der Waals surface area (Å²) in [4.78, 5) is 11.7. The SMILES string of the molecule is CCc1noc(C2CN=CN(C(c3ccccc3)(c3ccccc3)c3ccccc3)C2)n1. The maximum absolute atomic E-state index is 5.61. The molecule has 1 aliphatic heterocycles. The minimum atomic E-state index is -0.542. The van der Waals surface area contributed by atoms with E-state index in [9.17, 15) is 0 Å². The Labute approximate surface area is 188 Å². The first kappa shape index (κ1) is 20.2. The molecule has 0 spiro atoms. The van der Waals surface area contributed by atoms with Gasteiger partial charge < -0.3 is 9.42 Å². The maximum atomic E-state index is 5.61. The van der Waals surface area contributed by atoms with E-state index in [0.29, 0.717) is 19.0 Å². The van der Waals surface area contributed by atoms with Gasteiger partial charge in [-0.15, -0.1) is 0 Å². The van der Waals surface area contributed by atoms with Gasteiger partial charge in [-0.25, -0.2) is 0 Å². The standard InChI is InChI=1S/C27H26N4O/c1-2-25-29-26(32-30-25)21-18-28-20-31(19-21)27(22-12-6-3-7-13-22,23-14-8-4-9-15-23)24-16-10-5-11-17-24/h3-17,20-21H,2,18-19H2,1H3. The maximum Gasteiger partial charge on any atom is 0.233 e. The summed E-state index contributed by atoms with van der Waals surface area (Å²) in [5, 5.41) is 4.12. The van der Waals surface area contributed by atoms with E-state index in [-0.39, 0.29) is 5.92 Å². The molecule has 2 heterocycles. The Hall–Kier alpha value is -3.73. The van der Waals surface area contributed by atoms with E-state index in [1.54, 1.807) is 0 Å². The molecule has 1 atom stereocenters. The summed E-state index contributed by atoms with van der Waals surface area (Å²) in [5.41, 5.74) is 3.01. The van der Waals surface area contributed by atoms with Gasteiger partial charge in [0.05, 0.1) is 18.8 Å². The Morgan fingerprint density at radius 1 is 0.844 bits per heavy atom. The van der Waals surface area contributed by atoms with E-state index in [4.69, 9.17) is 9.52 Å². The highest BCUT2D eigenvalue weighted by molar-refractivity contribution is 5.64. The van der Waals surface area contributed by atoms with Gasteiger partial charge in [0.2, 0.25) is 5.89 Å².